The van der Waals surface area contributed by atoms with E-state index >= 15 is 0 Å². The summed E-state index contributed by atoms with van der Waals surface area (Å²) in [5.74, 6) is 0. The number of hydrogen-bond donors (Lipinski definition) is 1. The molecule has 0 aromatic heterocycles. The van der Waals surface area contributed by atoms with Crippen molar-refractivity contribution in [3.8, 4) is 0 Å². The lowest BCUT2D eigenvalue weighted by molar-refractivity contribution is 0.827. The van der Waals surface area contributed by atoms with Gasteiger partial charge in [0.1, 0.15) is 0 Å². The monoisotopic (exact) mass is 174 g/mol. The van der Waals surface area contributed by atoms with Crippen molar-refractivity contribution < 1.29 is 1.43 Å². The van der Waals surface area contributed by atoms with E-state index in [1.54, 1.807) is 0 Å². The highest BCUT2D eigenvalue weighted by molar-refractivity contribution is 5.85. The summed E-state index contributed by atoms with van der Waals surface area (Å²) in [6, 6.07) is 14.7. The summed E-state index contributed by atoms with van der Waals surface area (Å²) in [5, 5.41) is 2.53. The van der Waals surface area contributed by atoms with Gasteiger partial charge in [-0.15, -0.1) is 0 Å². The minimum absolute atomic E-state index is 0. The largest absolute Gasteiger partial charge is 0.324 e. The van der Waals surface area contributed by atoms with Gasteiger partial charge in [0.05, 0.1) is 0 Å². The van der Waals surface area contributed by atoms with E-state index in [4.69, 9.17) is 5.73 Å². The summed E-state index contributed by atoms with van der Waals surface area (Å²) < 4.78 is 0. The van der Waals surface area contributed by atoms with Crippen LogP contribution in [0.1, 0.15) is 20.0 Å². The van der Waals surface area contributed by atoms with Crippen molar-refractivity contribution in [3.05, 3.63) is 48.0 Å². The van der Waals surface area contributed by atoms with E-state index in [0.717, 1.165) is 0 Å². The van der Waals surface area contributed by atoms with Crippen molar-refractivity contribution in [1.82, 2.24) is 0 Å². The van der Waals surface area contributed by atoms with Crippen LogP contribution in [-0.4, -0.2) is 0 Å². The highest BCUT2D eigenvalue weighted by atomic mass is 14.6. The second-order valence-electron chi connectivity index (χ2n) is 3.36. The van der Waals surface area contributed by atoms with Crippen LogP contribution in [0.15, 0.2) is 42.5 Å². The van der Waals surface area contributed by atoms with E-state index in [9.17, 15) is 0 Å². The predicted octanol–water partition coefficient (Wildman–Crippen LogP) is 3.11. The molecule has 0 saturated heterocycles. The van der Waals surface area contributed by atoms with E-state index in [2.05, 4.69) is 30.3 Å². The lowest BCUT2D eigenvalue weighted by atomic mass is 10.0. The zero-order chi connectivity index (χ0) is 9.26. The van der Waals surface area contributed by atoms with Crippen molar-refractivity contribution in [3.63, 3.8) is 0 Å². The normalized spacial score (nSPS) is 13.1. The van der Waals surface area contributed by atoms with Gasteiger partial charge in [-0.25, -0.2) is 0 Å². The van der Waals surface area contributed by atoms with Crippen LogP contribution < -0.4 is 5.73 Å². The molecule has 0 saturated carbocycles. The molecule has 2 aromatic carbocycles. The maximum absolute atomic E-state index is 5.88. The molecule has 13 heavy (non-hydrogen) atoms. The molecule has 0 aliphatic heterocycles. The molecule has 0 fully saturated rings. The molecule has 0 heterocycles. The fraction of sp³-hybridized carbons (Fsp3) is 0.167. The van der Waals surface area contributed by atoms with Gasteiger partial charge in [-0.1, -0.05) is 42.5 Å². The van der Waals surface area contributed by atoms with Crippen LogP contribution in [0.2, 0.25) is 0 Å². The molecule has 0 bridgehead atoms. The first kappa shape index (κ1) is 8.27. The predicted molar refractivity (Wildman–Crippen MR) is 58.7 cm³/mol. The van der Waals surface area contributed by atoms with Gasteiger partial charge in [0, 0.05) is 7.47 Å². The van der Waals surface area contributed by atoms with Gasteiger partial charge in [-0.3, -0.25) is 0 Å². The molecule has 0 aliphatic rings. The number of nitrogens with two attached hydrogens (primary N) is 1. The topological polar surface area (TPSA) is 26.0 Å². The molecule has 0 spiro atoms. The molecule has 0 radical (unpaired) electrons. The Kier molecular flexibility index (Phi) is 2.03. The Morgan fingerprint density at radius 1 is 1.08 bits per heavy atom. The minimum atomic E-state index is 0. The van der Waals surface area contributed by atoms with E-state index in [1.807, 2.05) is 19.1 Å². The Morgan fingerprint density at radius 3 is 2.54 bits per heavy atom. The standard InChI is InChI=1S/C12H13N.H2/c1-9(13)11-8-4-6-10-5-2-3-7-12(10)11;/h2-9H,13H2,1H3;1H/t9-;/m1./s1/i;1+1. The van der Waals surface area contributed by atoms with Crippen molar-refractivity contribution in [2.75, 3.05) is 0 Å². The summed E-state index contributed by atoms with van der Waals surface area (Å²) in [5.41, 5.74) is 7.10. The summed E-state index contributed by atoms with van der Waals surface area (Å²) in [7, 11) is 0. The summed E-state index contributed by atoms with van der Waals surface area (Å²) in [4.78, 5) is 0. The highest BCUT2D eigenvalue weighted by Gasteiger charge is 2.02. The Hall–Kier alpha value is -1.34. The van der Waals surface area contributed by atoms with Crippen LogP contribution in [0.5, 0.6) is 0 Å². The summed E-state index contributed by atoms with van der Waals surface area (Å²) >= 11 is 0. The third-order valence-corrected chi connectivity index (χ3v) is 2.31. The van der Waals surface area contributed by atoms with Crippen LogP contribution in [-0.2, 0) is 0 Å². The smallest absolute Gasteiger partial charge is 0.0272 e. The average Bonchev–Trinajstić information content (AvgIpc) is 2.17. The van der Waals surface area contributed by atoms with Gasteiger partial charge in [-0.05, 0) is 23.3 Å². The second kappa shape index (κ2) is 3.19. The molecular formula is C12H15N. The van der Waals surface area contributed by atoms with Crippen molar-refractivity contribution in [1.29, 1.82) is 0 Å². The van der Waals surface area contributed by atoms with Gasteiger partial charge < -0.3 is 5.73 Å². The van der Waals surface area contributed by atoms with Crippen molar-refractivity contribution in [2.45, 2.75) is 13.0 Å². The molecule has 68 valence electrons. The fourth-order valence-corrected chi connectivity index (χ4v) is 1.65. The minimum Gasteiger partial charge on any atom is -0.324 e. The molecule has 2 N–H and O–H groups in total. The van der Waals surface area contributed by atoms with Gasteiger partial charge in [0.25, 0.3) is 0 Å². The zero-order valence-electron chi connectivity index (χ0n) is 7.70. The van der Waals surface area contributed by atoms with E-state index in [0.29, 0.717) is 0 Å². The van der Waals surface area contributed by atoms with Crippen LogP contribution in [0.4, 0.5) is 0 Å². The van der Waals surface area contributed by atoms with Gasteiger partial charge in [0.15, 0.2) is 0 Å². The lowest BCUT2D eigenvalue weighted by Gasteiger charge is -2.09. The molecule has 1 nitrogen and oxygen atoms in total. The third-order valence-electron chi connectivity index (χ3n) is 2.31. The van der Waals surface area contributed by atoms with Crippen molar-refractivity contribution >= 4 is 10.8 Å². The molecule has 1 heteroatoms. The van der Waals surface area contributed by atoms with Crippen LogP contribution in [0, 0.1) is 0 Å². The molecule has 0 aliphatic carbocycles. The average molecular weight is 174 g/mol. The Balaban J connectivity index is 0.000000980. The maximum atomic E-state index is 5.88. The molecule has 2 aromatic rings. The molecular weight excluding hydrogens is 158 g/mol. The first-order valence-electron chi connectivity index (χ1n) is 4.52. The first-order valence-corrected chi connectivity index (χ1v) is 4.52. The highest BCUT2D eigenvalue weighted by Crippen LogP contribution is 2.22. The van der Waals surface area contributed by atoms with Crippen molar-refractivity contribution in [2.24, 2.45) is 5.73 Å². The Bertz CT molecular complexity index is 418. The Labute approximate surface area is 79.7 Å². The molecule has 2 rings (SSSR count). The van der Waals surface area contributed by atoms with Crippen LogP contribution in [0.25, 0.3) is 10.8 Å². The van der Waals surface area contributed by atoms with Gasteiger partial charge in [0.2, 0.25) is 0 Å². The first-order chi connectivity index (χ1) is 6.29. The van der Waals surface area contributed by atoms with E-state index in [1.165, 1.54) is 16.3 Å². The number of benzene rings is 2. The second-order valence-corrected chi connectivity index (χ2v) is 3.36. The third kappa shape index (κ3) is 1.43. The quantitative estimate of drug-likeness (QED) is 0.706. The fourth-order valence-electron chi connectivity index (χ4n) is 1.65. The van der Waals surface area contributed by atoms with Gasteiger partial charge in [-0.2, -0.15) is 0 Å². The molecule has 1 atom stereocenters. The van der Waals surface area contributed by atoms with Gasteiger partial charge >= 0.3 is 0 Å². The van der Waals surface area contributed by atoms with E-state index < -0.39 is 0 Å². The number of rotatable bonds is 1. The number of hydrogen-bond acceptors (Lipinski definition) is 1. The summed E-state index contributed by atoms with van der Waals surface area (Å²) in [6.07, 6.45) is 0. The molecule has 0 amide bonds. The maximum Gasteiger partial charge on any atom is 0.0272 e. The Morgan fingerprint density at radius 2 is 1.77 bits per heavy atom. The SMILES string of the molecule is C[C@@H](N)c1cccc2ccccc12.[2HH]. The number of fused-ring (bicyclic) bond motifs is 1. The van der Waals surface area contributed by atoms with Crippen LogP contribution in [0.3, 0.4) is 0 Å². The summed E-state index contributed by atoms with van der Waals surface area (Å²) in [6.45, 7) is 2.02. The zero-order valence-corrected chi connectivity index (χ0v) is 7.70. The van der Waals surface area contributed by atoms with E-state index in [-0.39, 0.29) is 7.47 Å². The lowest BCUT2D eigenvalue weighted by Crippen LogP contribution is -2.05. The molecule has 0 unspecified atom stereocenters. The van der Waals surface area contributed by atoms with Crippen LogP contribution >= 0.6 is 0 Å².